The number of benzene rings is 1. The zero-order valence-corrected chi connectivity index (χ0v) is 15.1. The molecule has 1 aliphatic rings. The number of H-pyrrole nitrogens is 2. The fourth-order valence-corrected chi connectivity index (χ4v) is 4.04. The number of morpholine rings is 1. The van der Waals surface area contributed by atoms with E-state index in [9.17, 15) is 9.59 Å². The molecule has 5 rings (SSSR count). The Morgan fingerprint density at radius 3 is 2.81 bits per heavy atom. The molecular formula is C19H16N4O3S. The lowest BCUT2D eigenvalue weighted by Crippen LogP contribution is -2.40. The number of aromatic amines is 2. The fraction of sp³-hybridized carbons (Fsp3) is 0.211. The zero-order valence-electron chi connectivity index (χ0n) is 14.3. The smallest absolute Gasteiger partial charge is 0.276 e. The van der Waals surface area contributed by atoms with Gasteiger partial charge >= 0.3 is 0 Å². The molecule has 27 heavy (non-hydrogen) atoms. The maximum absolute atomic E-state index is 12.7. The van der Waals surface area contributed by atoms with Gasteiger partial charge in [-0.3, -0.25) is 9.59 Å². The molecule has 7 nitrogen and oxygen atoms in total. The third-order valence-corrected chi connectivity index (χ3v) is 5.49. The van der Waals surface area contributed by atoms with E-state index in [0.717, 1.165) is 21.9 Å². The molecule has 136 valence electrons. The van der Waals surface area contributed by atoms with Crippen molar-refractivity contribution in [3.05, 3.63) is 50.9 Å². The van der Waals surface area contributed by atoms with Crippen LogP contribution in [0.1, 0.15) is 10.4 Å². The lowest BCUT2D eigenvalue weighted by molar-refractivity contribution is 0.0303. The van der Waals surface area contributed by atoms with Gasteiger partial charge in [0.15, 0.2) is 5.69 Å². The van der Waals surface area contributed by atoms with E-state index in [2.05, 4.69) is 15.0 Å². The Morgan fingerprint density at radius 1 is 1.11 bits per heavy atom. The van der Waals surface area contributed by atoms with Gasteiger partial charge in [-0.1, -0.05) is 0 Å². The molecule has 4 heterocycles. The summed E-state index contributed by atoms with van der Waals surface area (Å²) in [5, 5.41) is 4.63. The van der Waals surface area contributed by atoms with Crippen molar-refractivity contribution in [2.45, 2.75) is 0 Å². The van der Waals surface area contributed by atoms with E-state index in [4.69, 9.17) is 4.74 Å². The molecule has 1 aromatic carbocycles. The van der Waals surface area contributed by atoms with Crippen molar-refractivity contribution < 1.29 is 9.53 Å². The summed E-state index contributed by atoms with van der Waals surface area (Å²) < 4.78 is 5.31. The number of fused-ring (bicyclic) bond motifs is 2. The lowest BCUT2D eigenvalue weighted by atomic mass is 10.1. The summed E-state index contributed by atoms with van der Waals surface area (Å²) in [6.07, 6.45) is 0. The molecule has 0 spiro atoms. The van der Waals surface area contributed by atoms with E-state index < -0.39 is 0 Å². The quantitative estimate of drug-likeness (QED) is 0.559. The highest BCUT2D eigenvalue weighted by Crippen LogP contribution is 2.24. The molecule has 0 radical (unpaired) electrons. The Morgan fingerprint density at radius 2 is 1.96 bits per heavy atom. The van der Waals surface area contributed by atoms with Crippen LogP contribution in [0.4, 0.5) is 0 Å². The Balaban J connectivity index is 1.54. The topological polar surface area (TPSA) is 91.1 Å². The molecule has 8 heteroatoms. The molecule has 3 aromatic heterocycles. The number of nitrogens with one attached hydrogen (secondary N) is 2. The van der Waals surface area contributed by atoms with Crippen molar-refractivity contribution in [1.29, 1.82) is 0 Å². The van der Waals surface area contributed by atoms with Gasteiger partial charge in [-0.05, 0) is 24.3 Å². The number of carbonyl (C=O) groups is 1. The van der Waals surface area contributed by atoms with Crippen molar-refractivity contribution in [2.24, 2.45) is 0 Å². The van der Waals surface area contributed by atoms with E-state index in [0.29, 0.717) is 43.3 Å². The normalized spacial score (nSPS) is 14.9. The third-order valence-electron chi connectivity index (χ3n) is 4.76. The lowest BCUT2D eigenvalue weighted by Gasteiger charge is -2.26. The van der Waals surface area contributed by atoms with E-state index in [1.165, 1.54) is 11.3 Å². The monoisotopic (exact) mass is 380 g/mol. The van der Waals surface area contributed by atoms with E-state index >= 15 is 0 Å². The predicted octanol–water partition coefficient (Wildman–Crippen LogP) is 2.61. The molecule has 0 saturated carbocycles. The zero-order chi connectivity index (χ0) is 18.4. The maximum Gasteiger partial charge on any atom is 0.276 e. The van der Waals surface area contributed by atoms with Gasteiger partial charge in [0, 0.05) is 40.3 Å². The molecule has 0 bridgehead atoms. The van der Waals surface area contributed by atoms with Gasteiger partial charge in [-0.2, -0.15) is 0 Å². The Bertz CT molecular complexity index is 1220. The molecular weight excluding hydrogens is 364 g/mol. The Hall–Kier alpha value is -2.97. The van der Waals surface area contributed by atoms with Crippen LogP contribution in [0, 0.1) is 0 Å². The van der Waals surface area contributed by atoms with Crippen molar-refractivity contribution in [3.8, 4) is 11.4 Å². The summed E-state index contributed by atoms with van der Waals surface area (Å²) in [4.78, 5) is 37.4. The molecule has 0 atom stereocenters. The minimum absolute atomic E-state index is 0.00128. The van der Waals surface area contributed by atoms with Gasteiger partial charge in [0.1, 0.15) is 0 Å². The molecule has 1 amide bonds. The van der Waals surface area contributed by atoms with Crippen LogP contribution in [-0.2, 0) is 4.74 Å². The summed E-state index contributed by atoms with van der Waals surface area (Å²) in [6, 6.07) is 7.38. The standard InChI is InChI=1S/C19H16N4O3S/c24-18-17(21-15-9-27-10-16(15)22-18)14-8-12-7-11(1-2-13(12)20-14)19(25)23-3-5-26-6-4-23/h1-2,7-10,20H,3-6H2,(H,22,24). The van der Waals surface area contributed by atoms with Crippen LogP contribution >= 0.6 is 11.3 Å². The van der Waals surface area contributed by atoms with E-state index in [1.54, 1.807) is 11.0 Å². The summed E-state index contributed by atoms with van der Waals surface area (Å²) in [6.45, 7) is 2.36. The number of rotatable bonds is 2. The van der Waals surface area contributed by atoms with Crippen LogP contribution in [-0.4, -0.2) is 52.1 Å². The van der Waals surface area contributed by atoms with Gasteiger partial charge in [0.2, 0.25) is 0 Å². The summed E-state index contributed by atoms with van der Waals surface area (Å²) in [5.41, 5.74) is 3.73. The second-order valence-electron chi connectivity index (χ2n) is 6.47. The fourth-order valence-electron chi connectivity index (χ4n) is 3.35. The van der Waals surface area contributed by atoms with Crippen LogP contribution in [0.15, 0.2) is 39.8 Å². The number of thiophene rings is 1. The number of aromatic nitrogens is 3. The first kappa shape index (κ1) is 16.2. The molecule has 2 N–H and O–H groups in total. The average molecular weight is 380 g/mol. The van der Waals surface area contributed by atoms with Gasteiger partial charge in [0.25, 0.3) is 11.5 Å². The largest absolute Gasteiger partial charge is 0.378 e. The molecule has 4 aromatic rings. The van der Waals surface area contributed by atoms with Crippen LogP contribution < -0.4 is 5.56 Å². The number of hydrogen-bond acceptors (Lipinski definition) is 5. The summed E-state index contributed by atoms with van der Waals surface area (Å²) >= 11 is 1.50. The van der Waals surface area contributed by atoms with Gasteiger partial charge in [0.05, 0.1) is 29.9 Å². The molecule has 0 unspecified atom stereocenters. The highest BCUT2D eigenvalue weighted by atomic mass is 32.1. The molecule has 1 saturated heterocycles. The minimum Gasteiger partial charge on any atom is -0.378 e. The van der Waals surface area contributed by atoms with E-state index in [1.807, 2.05) is 29.0 Å². The van der Waals surface area contributed by atoms with E-state index in [-0.39, 0.29) is 11.5 Å². The molecule has 0 aliphatic carbocycles. The first-order valence-electron chi connectivity index (χ1n) is 8.65. The first-order valence-corrected chi connectivity index (χ1v) is 9.60. The summed E-state index contributed by atoms with van der Waals surface area (Å²) in [5.74, 6) is -0.00128. The number of carbonyl (C=O) groups excluding carboxylic acids is 1. The SMILES string of the molecule is O=C(c1ccc2[nH]c(-c3nc4cscc4[nH]c3=O)cc2c1)N1CCOCC1. The van der Waals surface area contributed by atoms with Crippen LogP contribution in [0.25, 0.3) is 33.3 Å². The number of ether oxygens (including phenoxy) is 1. The second-order valence-corrected chi connectivity index (χ2v) is 7.22. The van der Waals surface area contributed by atoms with Crippen LogP contribution in [0.2, 0.25) is 0 Å². The van der Waals surface area contributed by atoms with Crippen molar-refractivity contribution in [1.82, 2.24) is 19.9 Å². The van der Waals surface area contributed by atoms with Crippen molar-refractivity contribution in [2.75, 3.05) is 26.3 Å². The third kappa shape index (κ3) is 2.83. The van der Waals surface area contributed by atoms with Crippen LogP contribution in [0.5, 0.6) is 0 Å². The minimum atomic E-state index is -0.239. The van der Waals surface area contributed by atoms with Crippen LogP contribution in [0.3, 0.4) is 0 Å². The van der Waals surface area contributed by atoms with Gasteiger partial charge in [-0.15, -0.1) is 11.3 Å². The molecule has 1 aliphatic heterocycles. The van der Waals surface area contributed by atoms with Gasteiger partial charge in [-0.25, -0.2) is 4.98 Å². The number of hydrogen-bond donors (Lipinski definition) is 2. The van der Waals surface area contributed by atoms with Gasteiger partial charge < -0.3 is 19.6 Å². The highest BCUT2D eigenvalue weighted by Gasteiger charge is 2.19. The van der Waals surface area contributed by atoms with Crippen molar-refractivity contribution >= 4 is 39.2 Å². The Labute approximate surface area is 157 Å². The van der Waals surface area contributed by atoms with Crippen molar-refractivity contribution in [3.63, 3.8) is 0 Å². The maximum atomic E-state index is 12.7. The summed E-state index contributed by atoms with van der Waals surface area (Å²) in [7, 11) is 0. The Kier molecular flexibility index (Phi) is 3.80. The highest BCUT2D eigenvalue weighted by molar-refractivity contribution is 7.09. The average Bonchev–Trinajstić information content (AvgIpc) is 3.32. The number of nitrogens with zero attached hydrogens (tertiary/aromatic N) is 2. The molecule has 1 fully saturated rings. The predicted molar refractivity (Wildman–Crippen MR) is 104 cm³/mol. The number of amides is 1. The first-order chi connectivity index (χ1) is 13.2. The second kappa shape index (κ2) is 6.33.